The van der Waals surface area contributed by atoms with Gasteiger partial charge in [-0.15, -0.1) is 11.3 Å². The van der Waals surface area contributed by atoms with Crippen LogP contribution in [0.15, 0.2) is 29.7 Å². The van der Waals surface area contributed by atoms with Gasteiger partial charge in [0.1, 0.15) is 0 Å². The number of rotatable bonds is 6. The molecule has 0 bridgehead atoms. The Labute approximate surface area is 95.9 Å². The third kappa shape index (κ3) is 4.31. The first kappa shape index (κ1) is 11.8. The van der Waals surface area contributed by atoms with Crippen LogP contribution in [-0.4, -0.2) is 23.7 Å². The smallest absolute Gasteiger partial charge is 0.0331 e. The lowest BCUT2D eigenvalue weighted by molar-refractivity contribution is 0.314. The summed E-state index contributed by atoms with van der Waals surface area (Å²) in [5.41, 5.74) is 0. The Morgan fingerprint density at radius 1 is 1.50 bits per heavy atom. The van der Waals surface area contributed by atoms with Crippen LogP contribution in [-0.2, 0) is 6.54 Å². The number of nitrogens with zero attached hydrogens (tertiary/aromatic N) is 1. The van der Waals surface area contributed by atoms with Crippen LogP contribution in [0.25, 0.3) is 0 Å². The maximum absolute atomic E-state index is 4.14. The fourth-order valence-corrected chi connectivity index (χ4v) is 2.12. The van der Waals surface area contributed by atoms with Crippen LogP contribution in [0.5, 0.6) is 0 Å². The first-order chi connectivity index (χ1) is 6.86. The van der Waals surface area contributed by atoms with Crippen molar-refractivity contribution in [1.29, 1.82) is 0 Å². The highest BCUT2D eigenvalue weighted by Gasteiger charge is 2.01. The van der Waals surface area contributed by atoms with Crippen LogP contribution in [0.4, 0.5) is 0 Å². The average Bonchev–Trinajstić information content (AvgIpc) is 2.69. The maximum atomic E-state index is 4.14. The molecule has 1 rings (SSSR count). The molecule has 0 saturated carbocycles. The molecule has 0 radical (unpaired) electrons. The fraction of sp³-hybridized carbons (Fsp3) is 0.455. The molecule has 0 amide bonds. The highest BCUT2D eigenvalue weighted by molar-refractivity contribution is 7.80. The summed E-state index contributed by atoms with van der Waals surface area (Å²) in [6, 6.07) is 4.30. The lowest BCUT2D eigenvalue weighted by atomic mass is 10.4. The van der Waals surface area contributed by atoms with Crippen molar-refractivity contribution in [2.45, 2.75) is 13.5 Å². The number of thiol groups is 1. The van der Waals surface area contributed by atoms with E-state index in [4.69, 9.17) is 0 Å². The van der Waals surface area contributed by atoms with Crippen LogP contribution in [0.3, 0.4) is 0 Å². The predicted octanol–water partition coefficient (Wildman–Crippen LogP) is 3.06. The summed E-state index contributed by atoms with van der Waals surface area (Å²) in [7, 11) is 0. The second-order valence-electron chi connectivity index (χ2n) is 3.06. The fourth-order valence-electron chi connectivity index (χ4n) is 1.23. The van der Waals surface area contributed by atoms with Crippen LogP contribution < -0.4 is 0 Å². The Bertz CT molecular complexity index is 254. The van der Waals surface area contributed by atoms with Gasteiger partial charge in [0.25, 0.3) is 0 Å². The summed E-state index contributed by atoms with van der Waals surface area (Å²) in [5.74, 6) is 0.830. The van der Waals surface area contributed by atoms with Crippen molar-refractivity contribution in [3.8, 4) is 0 Å². The summed E-state index contributed by atoms with van der Waals surface area (Å²) in [4.78, 5) is 3.84. The Morgan fingerprint density at radius 2 is 2.36 bits per heavy atom. The molecule has 0 aliphatic rings. The van der Waals surface area contributed by atoms with Crippen molar-refractivity contribution in [2.24, 2.45) is 0 Å². The molecule has 0 unspecified atom stereocenters. The molecule has 0 aliphatic carbocycles. The minimum atomic E-state index is 0.830. The molecule has 1 aromatic heterocycles. The lowest BCUT2D eigenvalue weighted by Gasteiger charge is -2.17. The second kappa shape index (κ2) is 7.10. The molecule has 78 valence electrons. The van der Waals surface area contributed by atoms with Crippen molar-refractivity contribution in [3.05, 3.63) is 34.5 Å². The molecule has 0 aromatic carbocycles. The van der Waals surface area contributed by atoms with Crippen molar-refractivity contribution < 1.29 is 0 Å². The third-order valence-corrected chi connectivity index (χ3v) is 3.11. The molecule has 1 aromatic rings. The molecule has 0 spiro atoms. The Hall–Kier alpha value is -0.250. The molecular formula is C11H17NS2. The summed E-state index contributed by atoms with van der Waals surface area (Å²) < 4.78 is 0. The minimum absolute atomic E-state index is 0.830. The molecule has 1 heterocycles. The van der Waals surface area contributed by atoms with E-state index in [9.17, 15) is 0 Å². The van der Waals surface area contributed by atoms with Crippen LogP contribution in [0, 0.1) is 0 Å². The summed E-state index contributed by atoms with van der Waals surface area (Å²) >= 11 is 5.96. The van der Waals surface area contributed by atoms with Crippen molar-refractivity contribution >= 4 is 24.0 Å². The molecule has 1 nitrogen and oxygen atoms in total. The number of thiophene rings is 1. The highest BCUT2D eigenvalue weighted by Crippen LogP contribution is 2.11. The van der Waals surface area contributed by atoms with Crippen LogP contribution in [0.1, 0.15) is 11.8 Å². The quantitative estimate of drug-likeness (QED) is 0.577. The topological polar surface area (TPSA) is 3.24 Å². The largest absolute Gasteiger partial charge is 0.295 e. The van der Waals surface area contributed by atoms with E-state index >= 15 is 0 Å². The van der Waals surface area contributed by atoms with Gasteiger partial charge in [0.05, 0.1) is 0 Å². The molecule has 0 N–H and O–H groups in total. The number of likely N-dealkylation sites (N-methyl/N-ethyl adjacent to an activating group) is 1. The first-order valence-electron chi connectivity index (χ1n) is 4.87. The minimum Gasteiger partial charge on any atom is -0.295 e. The summed E-state index contributed by atoms with van der Waals surface area (Å²) in [6.07, 6.45) is 4.28. The van der Waals surface area contributed by atoms with E-state index in [0.29, 0.717) is 0 Å². The molecule has 0 atom stereocenters. The van der Waals surface area contributed by atoms with Gasteiger partial charge in [-0.2, -0.15) is 12.6 Å². The standard InChI is InChI=1S/C11H17NS2/c1-2-12(7-3-4-8-13)10-11-6-5-9-14-11/h3-6,9,13H,2,7-8,10H2,1H3. The Balaban J connectivity index is 2.35. The van der Waals surface area contributed by atoms with Gasteiger partial charge in [-0.3, -0.25) is 4.90 Å². The summed E-state index contributed by atoms with van der Waals surface area (Å²) in [6.45, 7) is 5.37. The van der Waals surface area contributed by atoms with E-state index in [1.54, 1.807) is 0 Å². The average molecular weight is 227 g/mol. The first-order valence-corrected chi connectivity index (χ1v) is 6.38. The van der Waals surface area contributed by atoms with Gasteiger partial charge in [0.15, 0.2) is 0 Å². The SMILES string of the molecule is CCN(CC=CCS)Cc1cccs1. The van der Waals surface area contributed by atoms with E-state index in [0.717, 1.165) is 25.4 Å². The number of hydrogen-bond donors (Lipinski definition) is 1. The van der Waals surface area contributed by atoms with Crippen LogP contribution >= 0.6 is 24.0 Å². The van der Waals surface area contributed by atoms with E-state index in [1.807, 2.05) is 11.3 Å². The number of hydrogen-bond acceptors (Lipinski definition) is 3. The highest BCUT2D eigenvalue weighted by atomic mass is 32.1. The van der Waals surface area contributed by atoms with Crippen molar-refractivity contribution in [3.63, 3.8) is 0 Å². The lowest BCUT2D eigenvalue weighted by Crippen LogP contribution is -2.22. The Morgan fingerprint density at radius 3 is 2.93 bits per heavy atom. The zero-order valence-corrected chi connectivity index (χ0v) is 10.2. The predicted molar refractivity (Wildman–Crippen MR) is 68.3 cm³/mol. The third-order valence-electron chi connectivity index (χ3n) is 2.04. The molecular weight excluding hydrogens is 210 g/mol. The van der Waals surface area contributed by atoms with Crippen molar-refractivity contribution in [1.82, 2.24) is 4.90 Å². The van der Waals surface area contributed by atoms with Crippen molar-refractivity contribution in [2.75, 3.05) is 18.8 Å². The maximum Gasteiger partial charge on any atom is 0.0331 e. The molecule has 0 fully saturated rings. The molecule has 3 heteroatoms. The van der Waals surface area contributed by atoms with Gasteiger partial charge < -0.3 is 0 Å². The van der Waals surface area contributed by atoms with E-state index < -0.39 is 0 Å². The van der Waals surface area contributed by atoms with Gasteiger partial charge in [-0.1, -0.05) is 25.1 Å². The van der Waals surface area contributed by atoms with Gasteiger partial charge in [0.2, 0.25) is 0 Å². The zero-order chi connectivity index (χ0) is 10.2. The van der Waals surface area contributed by atoms with Gasteiger partial charge in [-0.05, 0) is 18.0 Å². The monoisotopic (exact) mass is 227 g/mol. The summed E-state index contributed by atoms with van der Waals surface area (Å²) in [5, 5.41) is 2.13. The Kier molecular flexibility index (Phi) is 5.99. The normalized spacial score (nSPS) is 11.6. The zero-order valence-electron chi connectivity index (χ0n) is 8.52. The van der Waals surface area contributed by atoms with Crippen LogP contribution in [0.2, 0.25) is 0 Å². The van der Waals surface area contributed by atoms with Gasteiger partial charge in [0, 0.05) is 23.7 Å². The molecule has 14 heavy (non-hydrogen) atoms. The van der Waals surface area contributed by atoms with Gasteiger partial charge in [-0.25, -0.2) is 0 Å². The molecule has 0 aliphatic heterocycles. The molecule has 0 saturated heterocycles. The van der Waals surface area contributed by atoms with E-state index in [1.165, 1.54) is 4.88 Å². The van der Waals surface area contributed by atoms with E-state index in [-0.39, 0.29) is 0 Å². The van der Waals surface area contributed by atoms with E-state index in [2.05, 4.69) is 54.1 Å². The second-order valence-corrected chi connectivity index (χ2v) is 4.46. The van der Waals surface area contributed by atoms with Gasteiger partial charge >= 0.3 is 0 Å².